The molecule has 0 atom stereocenters. The standard InChI is InChI=1S/C12H9Cl2NOS/c13-9-5-11(14)12(15-6-9)17-10-3-1-8(7-16)2-4-10/h1-6,16H,7H2. The van der Waals surface area contributed by atoms with Crippen molar-refractivity contribution in [2.24, 2.45) is 0 Å². The van der Waals surface area contributed by atoms with Crippen LogP contribution in [0.25, 0.3) is 0 Å². The third-order valence-corrected chi connectivity index (χ3v) is 3.73. The Morgan fingerprint density at radius 1 is 1.18 bits per heavy atom. The molecule has 0 fully saturated rings. The van der Waals surface area contributed by atoms with Crippen LogP contribution in [0.2, 0.25) is 10.0 Å². The van der Waals surface area contributed by atoms with E-state index in [-0.39, 0.29) is 6.61 Å². The SMILES string of the molecule is OCc1ccc(Sc2ncc(Cl)cc2Cl)cc1. The second-order valence-electron chi connectivity index (χ2n) is 3.34. The summed E-state index contributed by atoms with van der Waals surface area (Å²) in [6.45, 7) is 0.0465. The van der Waals surface area contributed by atoms with Crippen LogP contribution >= 0.6 is 35.0 Å². The number of hydrogen-bond donors (Lipinski definition) is 1. The van der Waals surface area contributed by atoms with Crippen molar-refractivity contribution in [3.63, 3.8) is 0 Å². The molecule has 17 heavy (non-hydrogen) atoms. The predicted molar refractivity (Wildman–Crippen MR) is 70.7 cm³/mol. The molecular weight excluding hydrogens is 277 g/mol. The Hall–Kier alpha value is -0.740. The molecule has 0 aliphatic heterocycles. The van der Waals surface area contributed by atoms with Gasteiger partial charge in [-0.1, -0.05) is 47.1 Å². The minimum absolute atomic E-state index is 0.0465. The maximum absolute atomic E-state index is 8.94. The average molecular weight is 286 g/mol. The van der Waals surface area contributed by atoms with Gasteiger partial charge in [-0.3, -0.25) is 0 Å². The minimum Gasteiger partial charge on any atom is -0.392 e. The van der Waals surface area contributed by atoms with Gasteiger partial charge in [-0.15, -0.1) is 0 Å². The van der Waals surface area contributed by atoms with E-state index in [2.05, 4.69) is 4.98 Å². The summed E-state index contributed by atoms with van der Waals surface area (Å²) in [6, 6.07) is 9.24. The summed E-state index contributed by atoms with van der Waals surface area (Å²) in [5, 5.41) is 10.7. The molecule has 0 amide bonds. The third-order valence-electron chi connectivity index (χ3n) is 2.09. The summed E-state index contributed by atoms with van der Waals surface area (Å²) in [5.41, 5.74) is 0.879. The highest BCUT2D eigenvalue weighted by Crippen LogP contribution is 2.32. The normalized spacial score (nSPS) is 10.5. The topological polar surface area (TPSA) is 33.1 Å². The van der Waals surface area contributed by atoms with Gasteiger partial charge >= 0.3 is 0 Å². The molecule has 0 aliphatic rings. The number of nitrogens with zero attached hydrogens (tertiary/aromatic N) is 1. The van der Waals surface area contributed by atoms with Crippen LogP contribution in [0.1, 0.15) is 5.56 Å². The van der Waals surface area contributed by atoms with Crippen LogP contribution in [-0.4, -0.2) is 10.1 Å². The van der Waals surface area contributed by atoms with Gasteiger partial charge in [0, 0.05) is 11.1 Å². The van der Waals surface area contributed by atoms with E-state index < -0.39 is 0 Å². The summed E-state index contributed by atoms with van der Waals surface area (Å²) >= 11 is 13.3. The first-order chi connectivity index (χ1) is 8.19. The van der Waals surface area contributed by atoms with Crippen molar-refractivity contribution < 1.29 is 5.11 Å². The van der Waals surface area contributed by atoms with E-state index in [0.717, 1.165) is 10.5 Å². The summed E-state index contributed by atoms with van der Waals surface area (Å²) < 4.78 is 0. The Morgan fingerprint density at radius 3 is 2.47 bits per heavy atom. The molecule has 0 bridgehead atoms. The van der Waals surface area contributed by atoms with E-state index in [1.807, 2.05) is 24.3 Å². The summed E-state index contributed by atoms with van der Waals surface area (Å²) in [4.78, 5) is 5.18. The molecule has 5 heteroatoms. The van der Waals surface area contributed by atoms with E-state index in [4.69, 9.17) is 28.3 Å². The monoisotopic (exact) mass is 285 g/mol. The zero-order chi connectivity index (χ0) is 12.3. The Balaban J connectivity index is 2.19. The van der Waals surface area contributed by atoms with Crippen LogP contribution in [0, 0.1) is 0 Å². The van der Waals surface area contributed by atoms with Gasteiger partial charge in [0.25, 0.3) is 0 Å². The fourth-order valence-electron chi connectivity index (χ4n) is 1.25. The zero-order valence-corrected chi connectivity index (χ0v) is 11.1. The molecule has 0 radical (unpaired) electrons. The number of pyridine rings is 1. The third kappa shape index (κ3) is 3.36. The number of aliphatic hydroxyl groups is 1. The van der Waals surface area contributed by atoms with Crippen LogP contribution in [-0.2, 0) is 6.61 Å². The molecule has 88 valence electrons. The van der Waals surface area contributed by atoms with Crippen LogP contribution < -0.4 is 0 Å². The summed E-state index contributed by atoms with van der Waals surface area (Å²) in [7, 11) is 0. The highest BCUT2D eigenvalue weighted by molar-refractivity contribution is 7.99. The average Bonchev–Trinajstić information content (AvgIpc) is 2.34. The van der Waals surface area contributed by atoms with Crippen LogP contribution in [0.15, 0.2) is 46.5 Å². The highest BCUT2D eigenvalue weighted by atomic mass is 35.5. The summed E-state index contributed by atoms with van der Waals surface area (Å²) in [5.74, 6) is 0. The maximum atomic E-state index is 8.94. The highest BCUT2D eigenvalue weighted by Gasteiger charge is 2.05. The zero-order valence-electron chi connectivity index (χ0n) is 8.73. The van der Waals surface area contributed by atoms with Crippen LogP contribution in [0.5, 0.6) is 0 Å². The molecule has 2 nitrogen and oxygen atoms in total. The fourth-order valence-corrected chi connectivity index (χ4v) is 2.50. The minimum atomic E-state index is 0.0465. The van der Waals surface area contributed by atoms with Gasteiger partial charge in [0.05, 0.1) is 16.7 Å². The van der Waals surface area contributed by atoms with Gasteiger partial charge in [-0.2, -0.15) is 0 Å². The smallest absolute Gasteiger partial charge is 0.119 e. The molecule has 2 rings (SSSR count). The second-order valence-corrected chi connectivity index (χ2v) is 5.25. The lowest BCUT2D eigenvalue weighted by atomic mass is 10.2. The van der Waals surface area contributed by atoms with Gasteiger partial charge < -0.3 is 5.11 Å². The van der Waals surface area contributed by atoms with Gasteiger partial charge in [0.15, 0.2) is 0 Å². The Kier molecular flexibility index (Phi) is 4.29. The first-order valence-corrected chi connectivity index (χ1v) is 6.45. The number of rotatable bonds is 3. The fraction of sp³-hybridized carbons (Fsp3) is 0.0833. The van der Waals surface area contributed by atoms with Crippen molar-refractivity contribution in [3.8, 4) is 0 Å². The lowest BCUT2D eigenvalue weighted by Gasteiger charge is -2.04. The molecule has 1 heterocycles. The number of benzene rings is 1. The number of aromatic nitrogens is 1. The molecule has 1 N–H and O–H groups in total. The molecule has 2 aromatic rings. The first-order valence-electron chi connectivity index (χ1n) is 4.88. The van der Waals surface area contributed by atoms with Crippen molar-refractivity contribution in [2.45, 2.75) is 16.5 Å². The number of aliphatic hydroxyl groups excluding tert-OH is 1. The Morgan fingerprint density at radius 2 is 1.88 bits per heavy atom. The molecule has 0 spiro atoms. The van der Waals surface area contributed by atoms with Crippen molar-refractivity contribution in [3.05, 3.63) is 52.1 Å². The van der Waals surface area contributed by atoms with E-state index >= 15 is 0 Å². The van der Waals surface area contributed by atoms with Crippen molar-refractivity contribution >= 4 is 35.0 Å². The van der Waals surface area contributed by atoms with E-state index in [0.29, 0.717) is 15.1 Å². The number of hydrogen-bond acceptors (Lipinski definition) is 3. The van der Waals surface area contributed by atoms with E-state index in [1.54, 1.807) is 12.3 Å². The maximum Gasteiger partial charge on any atom is 0.119 e. The molecule has 0 unspecified atom stereocenters. The van der Waals surface area contributed by atoms with Crippen molar-refractivity contribution in [2.75, 3.05) is 0 Å². The quantitative estimate of drug-likeness (QED) is 0.924. The van der Waals surface area contributed by atoms with Gasteiger partial charge in [0.1, 0.15) is 5.03 Å². The molecule has 0 aliphatic carbocycles. The lowest BCUT2D eigenvalue weighted by molar-refractivity contribution is 0.282. The van der Waals surface area contributed by atoms with Gasteiger partial charge in [-0.25, -0.2) is 4.98 Å². The molecule has 0 saturated heterocycles. The van der Waals surface area contributed by atoms with Gasteiger partial charge in [0.2, 0.25) is 0 Å². The molecular formula is C12H9Cl2NOS. The predicted octanol–water partition coefficient (Wildman–Crippen LogP) is 4.03. The second kappa shape index (κ2) is 5.74. The van der Waals surface area contributed by atoms with E-state index in [9.17, 15) is 0 Å². The van der Waals surface area contributed by atoms with Gasteiger partial charge in [-0.05, 0) is 23.8 Å². The molecule has 1 aromatic heterocycles. The van der Waals surface area contributed by atoms with Crippen LogP contribution in [0.3, 0.4) is 0 Å². The van der Waals surface area contributed by atoms with Crippen LogP contribution in [0.4, 0.5) is 0 Å². The summed E-state index contributed by atoms with van der Waals surface area (Å²) in [6.07, 6.45) is 1.57. The molecule has 1 aromatic carbocycles. The number of halogens is 2. The first kappa shape index (κ1) is 12.7. The van der Waals surface area contributed by atoms with Crippen molar-refractivity contribution in [1.82, 2.24) is 4.98 Å². The lowest BCUT2D eigenvalue weighted by Crippen LogP contribution is -1.84. The molecule has 0 saturated carbocycles. The van der Waals surface area contributed by atoms with Crippen molar-refractivity contribution in [1.29, 1.82) is 0 Å². The Labute approximate surface area is 114 Å². The Bertz CT molecular complexity index is 516. The van der Waals surface area contributed by atoms with E-state index in [1.165, 1.54) is 11.8 Å². The largest absolute Gasteiger partial charge is 0.392 e.